The maximum atomic E-state index is 6.32. The molecule has 0 aliphatic heterocycles. The van der Waals surface area contributed by atoms with Crippen LogP contribution in [0, 0.1) is 0 Å². The Balaban J connectivity index is 3.12. The lowest BCUT2D eigenvalue weighted by atomic mass is 10.0. The lowest BCUT2D eigenvalue weighted by molar-refractivity contribution is 0.485. The zero-order valence-electron chi connectivity index (χ0n) is 24.9. The van der Waals surface area contributed by atoms with Crippen molar-refractivity contribution in [2.75, 3.05) is 13.1 Å². The van der Waals surface area contributed by atoms with E-state index in [1.54, 1.807) is 0 Å². The maximum absolute atomic E-state index is 6.32. The maximum Gasteiger partial charge on any atom is 0.00509 e. The summed E-state index contributed by atoms with van der Waals surface area (Å²) in [4.78, 5) is 0. The van der Waals surface area contributed by atoms with Crippen LogP contribution in [0.4, 0.5) is 0 Å². The van der Waals surface area contributed by atoms with E-state index in [4.69, 9.17) is 5.73 Å². The predicted octanol–water partition coefficient (Wildman–Crippen LogP) is 10.9. The second-order valence-corrected chi connectivity index (χ2v) is 11.6. The summed E-state index contributed by atoms with van der Waals surface area (Å²) >= 11 is 0. The Labute approximate surface area is 223 Å². The SMILES string of the molecule is CCCCCCCCCCCCCCCCCCNCCC(N)CCCCCCCCCCCC. The summed E-state index contributed by atoms with van der Waals surface area (Å²) in [7, 11) is 0. The molecule has 212 valence electrons. The monoisotopic (exact) mass is 495 g/mol. The third kappa shape index (κ3) is 31.9. The van der Waals surface area contributed by atoms with Crippen molar-refractivity contribution in [1.29, 1.82) is 0 Å². The first kappa shape index (κ1) is 34.9. The Morgan fingerprint density at radius 2 is 0.686 bits per heavy atom. The van der Waals surface area contributed by atoms with Gasteiger partial charge in [0, 0.05) is 6.04 Å². The smallest absolute Gasteiger partial charge is 0.00509 e. The lowest BCUT2D eigenvalue weighted by Crippen LogP contribution is -2.27. The van der Waals surface area contributed by atoms with Crippen LogP contribution in [0.1, 0.15) is 194 Å². The Morgan fingerprint density at radius 3 is 1.06 bits per heavy atom. The van der Waals surface area contributed by atoms with Gasteiger partial charge in [0.1, 0.15) is 0 Å². The Morgan fingerprint density at radius 1 is 0.371 bits per heavy atom. The third-order valence-corrected chi connectivity index (χ3v) is 7.83. The molecule has 0 aromatic carbocycles. The van der Waals surface area contributed by atoms with Gasteiger partial charge in [-0.05, 0) is 32.4 Å². The van der Waals surface area contributed by atoms with Crippen LogP contribution in [0.2, 0.25) is 0 Å². The normalized spacial score (nSPS) is 12.4. The van der Waals surface area contributed by atoms with E-state index >= 15 is 0 Å². The summed E-state index contributed by atoms with van der Waals surface area (Å²) in [5, 5.41) is 3.63. The van der Waals surface area contributed by atoms with Crippen molar-refractivity contribution < 1.29 is 0 Å². The summed E-state index contributed by atoms with van der Waals surface area (Å²) in [5.74, 6) is 0. The molecule has 0 bridgehead atoms. The molecular formula is C33H70N2. The van der Waals surface area contributed by atoms with Crippen LogP contribution in [-0.4, -0.2) is 19.1 Å². The largest absolute Gasteiger partial charge is 0.328 e. The van der Waals surface area contributed by atoms with Crippen molar-refractivity contribution in [2.24, 2.45) is 5.73 Å². The molecule has 2 heteroatoms. The van der Waals surface area contributed by atoms with E-state index in [2.05, 4.69) is 19.2 Å². The number of nitrogens with one attached hydrogen (secondary N) is 1. The molecule has 0 saturated heterocycles. The number of rotatable bonds is 31. The molecule has 0 radical (unpaired) electrons. The van der Waals surface area contributed by atoms with Crippen molar-refractivity contribution in [3.63, 3.8) is 0 Å². The van der Waals surface area contributed by atoms with Gasteiger partial charge in [-0.3, -0.25) is 0 Å². The molecule has 0 spiro atoms. The van der Waals surface area contributed by atoms with E-state index in [-0.39, 0.29) is 0 Å². The van der Waals surface area contributed by atoms with E-state index in [1.165, 1.54) is 180 Å². The number of hydrogen-bond donors (Lipinski definition) is 2. The fraction of sp³-hybridized carbons (Fsp3) is 1.00. The van der Waals surface area contributed by atoms with Gasteiger partial charge >= 0.3 is 0 Å². The second-order valence-electron chi connectivity index (χ2n) is 11.6. The summed E-state index contributed by atoms with van der Waals surface area (Å²) in [6.45, 7) is 6.89. The molecule has 1 atom stereocenters. The molecule has 0 rings (SSSR count). The second kappa shape index (κ2) is 31.9. The number of unbranched alkanes of at least 4 members (excludes halogenated alkanes) is 24. The van der Waals surface area contributed by atoms with E-state index in [9.17, 15) is 0 Å². The van der Waals surface area contributed by atoms with Crippen molar-refractivity contribution in [2.45, 2.75) is 200 Å². The molecular weight excluding hydrogens is 424 g/mol. The van der Waals surface area contributed by atoms with Gasteiger partial charge in [0.2, 0.25) is 0 Å². The molecule has 0 aromatic rings. The van der Waals surface area contributed by atoms with Crippen molar-refractivity contribution >= 4 is 0 Å². The molecule has 0 aromatic heterocycles. The summed E-state index contributed by atoms with van der Waals surface area (Å²) < 4.78 is 0. The van der Waals surface area contributed by atoms with Gasteiger partial charge in [0.15, 0.2) is 0 Å². The number of hydrogen-bond acceptors (Lipinski definition) is 2. The van der Waals surface area contributed by atoms with Crippen LogP contribution in [0.25, 0.3) is 0 Å². The fourth-order valence-electron chi connectivity index (χ4n) is 5.25. The summed E-state index contributed by atoms with van der Waals surface area (Å²) in [6.07, 6.45) is 39.6. The number of nitrogens with two attached hydrogens (primary N) is 1. The highest BCUT2D eigenvalue weighted by atomic mass is 14.8. The molecule has 0 heterocycles. The minimum atomic E-state index is 0.405. The van der Waals surface area contributed by atoms with Crippen LogP contribution in [-0.2, 0) is 0 Å². The average Bonchev–Trinajstić information content (AvgIpc) is 2.86. The minimum absolute atomic E-state index is 0.405. The quantitative estimate of drug-likeness (QED) is 0.0940. The molecule has 0 saturated carbocycles. The Kier molecular flexibility index (Phi) is 31.9. The van der Waals surface area contributed by atoms with Crippen molar-refractivity contribution in [3.8, 4) is 0 Å². The zero-order chi connectivity index (χ0) is 25.5. The first-order valence-electron chi connectivity index (χ1n) is 16.8. The highest BCUT2D eigenvalue weighted by Crippen LogP contribution is 2.14. The zero-order valence-corrected chi connectivity index (χ0v) is 24.9. The summed E-state index contributed by atoms with van der Waals surface area (Å²) in [5.41, 5.74) is 6.32. The van der Waals surface area contributed by atoms with Gasteiger partial charge in [-0.15, -0.1) is 0 Å². The molecule has 3 N–H and O–H groups in total. The Bertz CT molecular complexity index is 357. The predicted molar refractivity (Wildman–Crippen MR) is 161 cm³/mol. The van der Waals surface area contributed by atoms with Crippen LogP contribution in [0.3, 0.4) is 0 Å². The van der Waals surface area contributed by atoms with E-state index in [0.717, 1.165) is 13.0 Å². The Hall–Kier alpha value is -0.0800. The van der Waals surface area contributed by atoms with Gasteiger partial charge in [0.05, 0.1) is 0 Å². The molecule has 0 amide bonds. The molecule has 0 aliphatic carbocycles. The lowest BCUT2D eigenvalue weighted by Gasteiger charge is -2.12. The van der Waals surface area contributed by atoms with Crippen molar-refractivity contribution in [3.05, 3.63) is 0 Å². The minimum Gasteiger partial charge on any atom is -0.328 e. The van der Waals surface area contributed by atoms with E-state index < -0.39 is 0 Å². The topological polar surface area (TPSA) is 38.0 Å². The van der Waals surface area contributed by atoms with E-state index in [0.29, 0.717) is 6.04 Å². The molecule has 2 nitrogen and oxygen atoms in total. The van der Waals surface area contributed by atoms with Crippen LogP contribution in [0.15, 0.2) is 0 Å². The molecule has 1 unspecified atom stereocenters. The van der Waals surface area contributed by atoms with Crippen LogP contribution < -0.4 is 11.1 Å². The van der Waals surface area contributed by atoms with Gasteiger partial charge in [0.25, 0.3) is 0 Å². The highest BCUT2D eigenvalue weighted by Gasteiger charge is 2.02. The molecule has 0 fully saturated rings. The standard InChI is InChI=1S/C33H70N2/c1-3-5-7-9-11-13-15-16-17-18-19-20-22-24-26-28-31-35-32-30-33(34)29-27-25-23-21-14-12-10-8-6-4-2/h33,35H,3-32,34H2,1-2H3. The summed E-state index contributed by atoms with van der Waals surface area (Å²) in [6, 6.07) is 0.405. The van der Waals surface area contributed by atoms with Gasteiger partial charge in [-0.1, -0.05) is 174 Å². The van der Waals surface area contributed by atoms with Crippen LogP contribution in [0.5, 0.6) is 0 Å². The fourth-order valence-corrected chi connectivity index (χ4v) is 5.25. The first-order valence-corrected chi connectivity index (χ1v) is 16.8. The molecule has 35 heavy (non-hydrogen) atoms. The first-order chi connectivity index (χ1) is 17.3. The van der Waals surface area contributed by atoms with Crippen molar-refractivity contribution in [1.82, 2.24) is 5.32 Å². The van der Waals surface area contributed by atoms with Gasteiger partial charge < -0.3 is 11.1 Å². The van der Waals surface area contributed by atoms with Gasteiger partial charge in [-0.25, -0.2) is 0 Å². The third-order valence-electron chi connectivity index (χ3n) is 7.83. The van der Waals surface area contributed by atoms with E-state index in [1.807, 2.05) is 0 Å². The van der Waals surface area contributed by atoms with Crippen LogP contribution >= 0.6 is 0 Å². The van der Waals surface area contributed by atoms with Gasteiger partial charge in [-0.2, -0.15) is 0 Å². The molecule has 0 aliphatic rings. The highest BCUT2D eigenvalue weighted by molar-refractivity contribution is 4.63. The average molecular weight is 495 g/mol.